The minimum absolute atomic E-state index is 0.0819. The van der Waals surface area contributed by atoms with E-state index >= 15 is 0 Å². The first-order valence-corrected chi connectivity index (χ1v) is 4.97. The molecule has 0 aromatic heterocycles. The van der Waals surface area contributed by atoms with Gasteiger partial charge in [0.15, 0.2) is 6.73 Å². The van der Waals surface area contributed by atoms with E-state index in [0.717, 1.165) is 5.56 Å². The maximum absolute atomic E-state index is 10.7. The van der Waals surface area contributed by atoms with Gasteiger partial charge in [0.05, 0.1) is 6.61 Å². The minimum Gasteiger partial charge on any atom is -0.474 e. The fraction of sp³-hybridized carbons (Fsp3) is 0.300. The predicted octanol–water partition coefficient (Wildman–Crippen LogP) is -0.623. The molecule has 1 heterocycles. The molecular weight excluding hydrogens is 209 g/mol. The topological polar surface area (TPSA) is 67.8 Å². The fourth-order valence-corrected chi connectivity index (χ4v) is 1.59. The first-order chi connectivity index (χ1) is 7.68. The summed E-state index contributed by atoms with van der Waals surface area (Å²) in [6.45, 7) is 1.88. The molecule has 0 saturated heterocycles. The molecule has 1 aromatic rings. The first-order valence-electron chi connectivity index (χ1n) is 4.97. The summed E-state index contributed by atoms with van der Waals surface area (Å²) in [5.74, 6) is 0.376. The Labute approximate surface area is 93.5 Å². The van der Waals surface area contributed by atoms with Crippen LogP contribution < -0.4 is 15.5 Å². The van der Waals surface area contributed by atoms with Gasteiger partial charge in [-0.1, -0.05) is 12.1 Å². The second-order valence-corrected chi connectivity index (χ2v) is 3.51. The molecule has 1 amide bonds. The van der Waals surface area contributed by atoms with E-state index < -0.39 is 7.12 Å². The Morgan fingerprint density at radius 3 is 3.25 bits per heavy atom. The molecule has 2 N–H and O–H groups in total. The summed E-state index contributed by atoms with van der Waals surface area (Å²) < 4.78 is 10.4. The predicted molar refractivity (Wildman–Crippen MR) is 58.1 cm³/mol. The first kappa shape index (κ1) is 11.0. The number of carbonyl (C=O) groups excluding carboxylic acids is 1. The number of fused-ring (bicyclic) bond motifs is 1. The molecule has 1 aliphatic heterocycles. The largest absolute Gasteiger partial charge is 0.495 e. The van der Waals surface area contributed by atoms with Crippen LogP contribution in [0.1, 0.15) is 12.5 Å². The quantitative estimate of drug-likeness (QED) is 0.527. The molecule has 16 heavy (non-hydrogen) atoms. The molecule has 0 unspecified atom stereocenters. The van der Waals surface area contributed by atoms with Crippen molar-refractivity contribution in [3.8, 4) is 5.75 Å². The van der Waals surface area contributed by atoms with Crippen LogP contribution in [0.25, 0.3) is 0 Å². The lowest BCUT2D eigenvalue weighted by Gasteiger charge is -2.10. The van der Waals surface area contributed by atoms with Crippen molar-refractivity contribution >= 4 is 18.5 Å². The zero-order valence-corrected chi connectivity index (χ0v) is 8.90. The monoisotopic (exact) mass is 221 g/mol. The molecule has 0 fully saturated rings. The van der Waals surface area contributed by atoms with Crippen LogP contribution in [0.2, 0.25) is 0 Å². The average molecular weight is 221 g/mol. The Balaban J connectivity index is 2.10. The van der Waals surface area contributed by atoms with Crippen LogP contribution in [0, 0.1) is 0 Å². The number of hydrogen-bond donors (Lipinski definition) is 2. The molecule has 0 atom stereocenters. The fourth-order valence-electron chi connectivity index (χ4n) is 1.59. The highest BCUT2D eigenvalue weighted by Crippen LogP contribution is 2.17. The van der Waals surface area contributed by atoms with Crippen molar-refractivity contribution in [3.05, 3.63) is 23.8 Å². The highest BCUT2D eigenvalue weighted by molar-refractivity contribution is 6.62. The Hall–Kier alpha value is -1.53. The van der Waals surface area contributed by atoms with Gasteiger partial charge in [-0.25, -0.2) is 0 Å². The molecule has 84 valence electrons. The van der Waals surface area contributed by atoms with Gasteiger partial charge >= 0.3 is 7.12 Å². The van der Waals surface area contributed by atoms with Crippen LogP contribution in [0.3, 0.4) is 0 Å². The van der Waals surface area contributed by atoms with Crippen molar-refractivity contribution in [2.45, 2.75) is 13.5 Å². The van der Waals surface area contributed by atoms with E-state index in [0.29, 0.717) is 17.8 Å². The van der Waals surface area contributed by atoms with E-state index in [1.54, 1.807) is 6.07 Å². The standard InChI is InChI=1S/C10H12BNO4/c1-7(13)12-6-15-9-4-2-3-8-5-16-11(14)10(8)9/h2-4,14H,5-6H2,1H3,(H,12,13). The smallest absolute Gasteiger partial charge is 0.474 e. The number of carbonyl (C=O) groups is 1. The molecule has 2 rings (SSSR count). The maximum atomic E-state index is 10.7. The van der Waals surface area contributed by atoms with Gasteiger partial charge in [0, 0.05) is 12.4 Å². The number of benzene rings is 1. The van der Waals surface area contributed by atoms with Crippen LogP contribution in [-0.4, -0.2) is 24.8 Å². The molecule has 5 nitrogen and oxygen atoms in total. The minimum atomic E-state index is -0.941. The Bertz CT molecular complexity index is 410. The van der Waals surface area contributed by atoms with Crippen LogP contribution in [0.4, 0.5) is 0 Å². The zero-order chi connectivity index (χ0) is 11.5. The van der Waals surface area contributed by atoms with E-state index in [2.05, 4.69) is 5.32 Å². The van der Waals surface area contributed by atoms with Gasteiger partial charge in [-0.15, -0.1) is 0 Å². The number of amides is 1. The van der Waals surface area contributed by atoms with Gasteiger partial charge < -0.3 is 19.7 Å². The summed E-state index contributed by atoms with van der Waals surface area (Å²) in [6.07, 6.45) is 0. The van der Waals surface area contributed by atoms with Gasteiger partial charge in [-0.05, 0) is 11.6 Å². The zero-order valence-electron chi connectivity index (χ0n) is 8.90. The molecule has 0 aliphatic carbocycles. The molecule has 0 radical (unpaired) electrons. The third-order valence-corrected chi connectivity index (χ3v) is 2.35. The third kappa shape index (κ3) is 2.18. The van der Waals surface area contributed by atoms with Crippen LogP contribution >= 0.6 is 0 Å². The van der Waals surface area contributed by atoms with Crippen LogP contribution in [0.15, 0.2) is 18.2 Å². The number of hydrogen-bond acceptors (Lipinski definition) is 4. The Morgan fingerprint density at radius 2 is 2.50 bits per heavy atom. The van der Waals surface area contributed by atoms with Crippen molar-refractivity contribution in [2.24, 2.45) is 0 Å². The Morgan fingerprint density at radius 1 is 1.69 bits per heavy atom. The lowest BCUT2D eigenvalue weighted by molar-refractivity contribution is -0.119. The van der Waals surface area contributed by atoms with Crippen molar-refractivity contribution in [1.29, 1.82) is 0 Å². The summed E-state index contributed by atoms with van der Waals surface area (Å²) in [5.41, 5.74) is 1.56. The second kappa shape index (κ2) is 4.55. The maximum Gasteiger partial charge on any atom is 0.495 e. The highest BCUT2D eigenvalue weighted by atomic mass is 16.5. The van der Waals surface area contributed by atoms with Crippen molar-refractivity contribution in [3.63, 3.8) is 0 Å². The average Bonchev–Trinajstić information content (AvgIpc) is 2.61. The van der Waals surface area contributed by atoms with E-state index in [1.165, 1.54) is 6.92 Å². The molecule has 0 bridgehead atoms. The van der Waals surface area contributed by atoms with Crippen molar-refractivity contribution in [2.75, 3.05) is 6.73 Å². The summed E-state index contributed by atoms with van der Waals surface area (Å²) in [7, 11) is -0.941. The summed E-state index contributed by atoms with van der Waals surface area (Å²) >= 11 is 0. The Kier molecular flexibility index (Phi) is 3.12. The SMILES string of the molecule is CC(=O)NCOc1cccc2c1B(O)OC2. The molecule has 0 saturated carbocycles. The van der Waals surface area contributed by atoms with Gasteiger partial charge in [0.25, 0.3) is 0 Å². The number of nitrogens with one attached hydrogen (secondary N) is 1. The molecule has 0 spiro atoms. The normalized spacial score (nSPS) is 13.5. The lowest BCUT2D eigenvalue weighted by atomic mass is 9.79. The summed E-state index contributed by atoms with van der Waals surface area (Å²) in [5, 5.41) is 12.1. The van der Waals surface area contributed by atoms with E-state index in [-0.39, 0.29) is 12.6 Å². The van der Waals surface area contributed by atoms with Crippen LogP contribution in [0.5, 0.6) is 5.75 Å². The molecule has 1 aliphatic rings. The van der Waals surface area contributed by atoms with E-state index in [9.17, 15) is 9.82 Å². The second-order valence-electron chi connectivity index (χ2n) is 3.51. The molecular formula is C10H12BNO4. The van der Waals surface area contributed by atoms with Crippen LogP contribution in [-0.2, 0) is 16.1 Å². The van der Waals surface area contributed by atoms with Gasteiger partial charge in [0.1, 0.15) is 5.75 Å². The van der Waals surface area contributed by atoms with Crippen molar-refractivity contribution in [1.82, 2.24) is 5.32 Å². The van der Waals surface area contributed by atoms with Gasteiger partial charge in [-0.2, -0.15) is 0 Å². The molecule has 1 aromatic carbocycles. The van der Waals surface area contributed by atoms with Crippen molar-refractivity contribution < 1.29 is 19.2 Å². The summed E-state index contributed by atoms with van der Waals surface area (Å²) in [6, 6.07) is 5.43. The number of ether oxygens (including phenoxy) is 1. The summed E-state index contributed by atoms with van der Waals surface area (Å²) in [4.78, 5) is 10.7. The lowest BCUT2D eigenvalue weighted by Crippen LogP contribution is -2.32. The molecule has 6 heteroatoms. The highest BCUT2D eigenvalue weighted by Gasteiger charge is 2.30. The van der Waals surface area contributed by atoms with Gasteiger partial charge in [-0.3, -0.25) is 4.79 Å². The van der Waals surface area contributed by atoms with E-state index in [4.69, 9.17) is 9.39 Å². The third-order valence-electron chi connectivity index (χ3n) is 2.35. The van der Waals surface area contributed by atoms with Gasteiger partial charge in [0.2, 0.25) is 5.91 Å². The van der Waals surface area contributed by atoms with E-state index in [1.807, 2.05) is 12.1 Å². The number of rotatable bonds is 3.